The van der Waals surface area contributed by atoms with Gasteiger partial charge in [0.05, 0.1) is 17.2 Å². The molecule has 226 valence electrons. The van der Waals surface area contributed by atoms with Gasteiger partial charge < -0.3 is 19.6 Å². The zero-order valence-electron chi connectivity index (χ0n) is 23.7. The van der Waals surface area contributed by atoms with Gasteiger partial charge in [-0.15, -0.1) is 0 Å². The van der Waals surface area contributed by atoms with E-state index in [9.17, 15) is 18.0 Å². The minimum Gasteiger partial charge on any atom is -0.490 e. The summed E-state index contributed by atoms with van der Waals surface area (Å²) in [5.74, 6) is 0.577. The number of carbonyl (C=O) groups excluding carboxylic acids is 1. The van der Waals surface area contributed by atoms with Gasteiger partial charge in [-0.1, -0.05) is 24.1 Å². The van der Waals surface area contributed by atoms with E-state index in [2.05, 4.69) is 21.8 Å². The number of carboxylic acid groups (broad SMARTS) is 1. The van der Waals surface area contributed by atoms with E-state index in [1.165, 1.54) is 28.5 Å². The van der Waals surface area contributed by atoms with E-state index in [0.29, 0.717) is 44.2 Å². The molecule has 2 heterocycles. The Morgan fingerprint density at radius 3 is 2.55 bits per heavy atom. The van der Waals surface area contributed by atoms with E-state index in [-0.39, 0.29) is 22.6 Å². The number of halogens is 1. The standard InChI is InChI=1S/C31H38ClN3O6S/c32-24-6-8-26-23(16-24)5-2-12-31(26)19-35(18-22-3-1-4-22)27-17-25(7-9-28(27)41-20-31)42(39,40)33-29(36)15-21-10-13-34(14-11-21)30(37)38/h6-9,16-17,21-22H,1-5,10-15,18-20H2,(H,33,36)(H,37,38). The van der Waals surface area contributed by atoms with Gasteiger partial charge in [0, 0.05) is 43.0 Å². The molecule has 4 aliphatic rings. The zero-order chi connectivity index (χ0) is 29.5. The Morgan fingerprint density at radius 2 is 1.83 bits per heavy atom. The molecule has 2 aliphatic heterocycles. The average molecular weight is 616 g/mol. The zero-order valence-corrected chi connectivity index (χ0v) is 25.3. The lowest BCUT2D eigenvalue weighted by atomic mass is 9.70. The van der Waals surface area contributed by atoms with E-state index in [0.717, 1.165) is 55.9 Å². The average Bonchev–Trinajstić information content (AvgIpc) is 3.07. The van der Waals surface area contributed by atoms with E-state index in [4.69, 9.17) is 21.4 Å². The first-order chi connectivity index (χ1) is 20.1. The molecule has 0 radical (unpaired) electrons. The number of carbonyl (C=O) groups is 2. The van der Waals surface area contributed by atoms with Crippen LogP contribution in [0.25, 0.3) is 0 Å². The molecule has 0 aromatic heterocycles. The summed E-state index contributed by atoms with van der Waals surface area (Å²) in [5.41, 5.74) is 3.03. The first kappa shape index (κ1) is 29.1. The second-order valence-corrected chi connectivity index (χ2v) is 14.6. The van der Waals surface area contributed by atoms with Crippen LogP contribution in [0.3, 0.4) is 0 Å². The fraction of sp³-hybridized carbons (Fsp3) is 0.548. The van der Waals surface area contributed by atoms with Crippen LogP contribution in [-0.4, -0.2) is 63.2 Å². The number of ether oxygens (including phenoxy) is 1. The molecule has 11 heteroatoms. The third kappa shape index (κ3) is 5.93. The van der Waals surface area contributed by atoms with Crippen LogP contribution in [0, 0.1) is 11.8 Å². The summed E-state index contributed by atoms with van der Waals surface area (Å²) < 4.78 is 35.5. The fourth-order valence-corrected chi connectivity index (χ4v) is 8.30. The molecular formula is C31H38ClN3O6S. The predicted octanol–water partition coefficient (Wildman–Crippen LogP) is 5.20. The van der Waals surface area contributed by atoms with Crippen molar-refractivity contribution >= 4 is 39.3 Å². The maximum Gasteiger partial charge on any atom is 0.407 e. The highest BCUT2D eigenvalue weighted by atomic mass is 35.5. The molecule has 2 aromatic carbocycles. The van der Waals surface area contributed by atoms with E-state index >= 15 is 0 Å². The van der Waals surface area contributed by atoms with Gasteiger partial charge in [-0.25, -0.2) is 17.9 Å². The molecule has 1 unspecified atom stereocenters. The SMILES string of the molecule is O=C(CC1CCN(C(=O)O)CC1)NS(=O)(=O)c1ccc2c(c1)N(CC1CCC1)CC1(CCCc3cc(Cl)ccc31)CO2. The molecule has 2 fully saturated rings. The molecule has 1 spiro atoms. The molecule has 1 saturated carbocycles. The maximum absolute atomic E-state index is 13.4. The number of fused-ring (bicyclic) bond motifs is 3. The first-order valence-corrected chi connectivity index (χ1v) is 16.8. The van der Waals surface area contributed by atoms with Gasteiger partial charge in [0.15, 0.2) is 0 Å². The van der Waals surface area contributed by atoms with Crippen molar-refractivity contribution in [2.45, 2.75) is 68.1 Å². The van der Waals surface area contributed by atoms with Crippen LogP contribution in [0.5, 0.6) is 5.75 Å². The molecule has 6 rings (SSSR count). The number of amides is 2. The summed E-state index contributed by atoms with van der Waals surface area (Å²) in [7, 11) is -4.11. The number of anilines is 1. The first-order valence-electron chi connectivity index (χ1n) is 15.0. The van der Waals surface area contributed by atoms with Crippen molar-refractivity contribution < 1.29 is 27.9 Å². The van der Waals surface area contributed by atoms with Gasteiger partial charge in [0.2, 0.25) is 5.91 Å². The third-order valence-corrected chi connectivity index (χ3v) is 11.2. The molecular weight excluding hydrogens is 578 g/mol. The molecule has 42 heavy (non-hydrogen) atoms. The van der Waals surface area contributed by atoms with E-state index < -0.39 is 22.0 Å². The van der Waals surface area contributed by atoms with Gasteiger partial charge in [0.25, 0.3) is 10.0 Å². The maximum atomic E-state index is 13.4. The Kier molecular flexibility index (Phi) is 8.04. The van der Waals surface area contributed by atoms with Gasteiger partial charge >= 0.3 is 6.09 Å². The monoisotopic (exact) mass is 615 g/mol. The van der Waals surface area contributed by atoms with Gasteiger partial charge in [-0.2, -0.15) is 0 Å². The summed E-state index contributed by atoms with van der Waals surface area (Å²) in [6.45, 7) is 2.74. The van der Waals surface area contributed by atoms with Crippen molar-refractivity contribution in [3.05, 3.63) is 52.5 Å². The number of hydrogen-bond acceptors (Lipinski definition) is 6. The predicted molar refractivity (Wildman–Crippen MR) is 160 cm³/mol. The number of hydrogen-bond donors (Lipinski definition) is 2. The smallest absolute Gasteiger partial charge is 0.407 e. The lowest BCUT2D eigenvalue weighted by Gasteiger charge is -2.42. The van der Waals surface area contributed by atoms with Crippen LogP contribution in [0.15, 0.2) is 41.3 Å². The molecule has 2 N–H and O–H groups in total. The molecule has 0 bridgehead atoms. The highest BCUT2D eigenvalue weighted by Crippen LogP contribution is 2.45. The minimum atomic E-state index is -4.11. The Hall–Kier alpha value is -2.98. The number of piperidine rings is 1. The third-order valence-electron chi connectivity index (χ3n) is 9.63. The normalized spacial score (nSPS) is 22.9. The van der Waals surface area contributed by atoms with E-state index in [1.54, 1.807) is 12.1 Å². The summed E-state index contributed by atoms with van der Waals surface area (Å²) in [5, 5.41) is 9.88. The second kappa shape index (κ2) is 11.6. The van der Waals surface area contributed by atoms with Crippen molar-refractivity contribution in [1.29, 1.82) is 0 Å². The summed E-state index contributed by atoms with van der Waals surface area (Å²) in [6, 6.07) is 11.0. The Bertz CT molecular complexity index is 1470. The lowest BCUT2D eigenvalue weighted by Crippen LogP contribution is -2.47. The number of nitrogens with zero attached hydrogens (tertiary/aromatic N) is 2. The number of aryl methyl sites for hydroxylation is 1. The number of nitrogens with one attached hydrogen (secondary N) is 1. The van der Waals surface area contributed by atoms with Crippen LogP contribution in [-0.2, 0) is 26.7 Å². The molecule has 1 atom stereocenters. The van der Waals surface area contributed by atoms with Gasteiger partial charge in [-0.05, 0) is 98.2 Å². The lowest BCUT2D eigenvalue weighted by molar-refractivity contribution is -0.120. The molecule has 2 aromatic rings. The molecule has 2 amide bonds. The number of benzene rings is 2. The highest BCUT2D eigenvalue weighted by molar-refractivity contribution is 7.90. The van der Waals surface area contributed by atoms with E-state index in [1.807, 2.05) is 6.07 Å². The van der Waals surface area contributed by atoms with Crippen LogP contribution in [0.4, 0.5) is 10.5 Å². The number of rotatable bonds is 6. The molecule has 1 saturated heterocycles. The molecule has 2 aliphatic carbocycles. The Balaban J connectivity index is 1.23. The Morgan fingerprint density at radius 1 is 1.05 bits per heavy atom. The second-order valence-electron chi connectivity index (χ2n) is 12.5. The number of sulfonamides is 1. The van der Waals surface area contributed by atoms with Gasteiger partial charge in [0.1, 0.15) is 5.75 Å². The Labute approximate surface area is 252 Å². The summed E-state index contributed by atoms with van der Waals surface area (Å²) in [4.78, 5) is 27.6. The van der Waals surface area contributed by atoms with Crippen molar-refractivity contribution in [3.8, 4) is 5.75 Å². The summed E-state index contributed by atoms with van der Waals surface area (Å²) in [6.07, 6.45) is 6.65. The quantitative estimate of drug-likeness (QED) is 0.459. The summed E-state index contributed by atoms with van der Waals surface area (Å²) >= 11 is 6.35. The highest BCUT2D eigenvalue weighted by Gasteiger charge is 2.42. The van der Waals surface area contributed by atoms with Crippen molar-refractivity contribution in [2.24, 2.45) is 11.8 Å². The minimum absolute atomic E-state index is 0.0317. The van der Waals surface area contributed by atoms with Crippen LogP contribution in [0.2, 0.25) is 5.02 Å². The van der Waals surface area contributed by atoms with Crippen molar-refractivity contribution in [1.82, 2.24) is 9.62 Å². The van der Waals surface area contributed by atoms with Crippen LogP contribution >= 0.6 is 11.6 Å². The number of likely N-dealkylation sites (tertiary alicyclic amines) is 1. The topological polar surface area (TPSA) is 116 Å². The van der Waals surface area contributed by atoms with Gasteiger partial charge in [-0.3, -0.25) is 4.79 Å². The van der Waals surface area contributed by atoms with Crippen LogP contribution in [0.1, 0.15) is 62.5 Å². The van der Waals surface area contributed by atoms with Crippen LogP contribution < -0.4 is 14.4 Å². The fourth-order valence-electron chi connectivity index (χ4n) is 7.09. The largest absolute Gasteiger partial charge is 0.490 e. The van der Waals surface area contributed by atoms with Crippen molar-refractivity contribution in [2.75, 3.05) is 37.7 Å². The molecule has 9 nitrogen and oxygen atoms in total. The van der Waals surface area contributed by atoms with Crippen molar-refractivity contribution in [3.63, 3.8) is 0 Å².